The van der Waals surface area contributed by atoms with Crippen molar-refractivity contribution < 1.29 is 4.74 Å². The van der Waals surface area contributed by atoms with Gasteiger partial charge < -0.3 is 4.74 Å². The summed E-state index contributed by atoms with van der Waals surface area (Å²) in [6.45, 7) is 7.44. The van der Waals surface area contributed by atoms with Crippen molar-refractivity contribution in [2.75, 3.05) is 0 Å². The predicted molar refractivity (Wildman–Crippen MR) is 121 cm³/mol. The summed E-state index contributed by atoms with van der Waals surface area (Å²) in [6.07, 6.45) is 0.0446. The van der Waals surface area contributed by atoms with Crippen LogP contribution in [0.1, 0.15) is 44.9 Å². The molecule has 0 saturated heterocycles. The number of hydrogen-bond donors (Lipinski definition) is 0. The van der Waals surface area contributed by atoms with Crippen molar-refractivity contribution in [3.63, 3.8) is 0 Å². The Hall–Kier alpha value is -3.06. The summed E-state index contributed by atoms with van der Waals surface area (Å²) in [7, 11) is 0. The zero-order valence-electron chi connectivity index (χ0n) is 18.0. The number of benzene rings is 2. The van der Waals surface area contributed by atoms with Crippen LogP contribution in [-0.2, 0) is 13.1 Å². The van der Waals surface area contributed by atoms with Crippen molar-refractivity contribution in [3.8, 4) is 5.75 Å². The largest absolute Gasteiger partial charge is 0.491 e. The Balaban J connectivity index is 2.06. The van der Waals surface area contributed by atoms with Crippen molar-refractivity contribution in [1.82, 2.24) is 13.7 Å². The molecule has 0 N–H and O–H groups in total. The highest BCUT2D eigenvalue weighted by atomic mass is 35.5. The van der Waals surface area contributed by atoms with E-state index in [0.29, 0.717) is 10.8 Å². The Bertz CT molecular complexity index is 1220. The molecule has 2 aromatic carbocycles. The van der Waals surface area contributed by atoms with E-state index in [1.807, 2.05) is 13.8 Å². The van der Waals surface area contributed by atoms with Crippen LogP contribution in [0.25, 0.3) is 0 Å². The molecule has 0 atom stereocenters. The molecule has 0 radical (unpaired) electrons. The van der Waals surface area contributed by atoms with Crippen LogP contribution in [0.5, 0.6) is 5.75 Å². The molecule has 0 unspecified atom stereocenters. The summed E-state index contributed by atoms with van der Waals surface area (Å²) in [5.41, 5.74) is -0.414. The Morgan fingerprint density at radius 3 is 1.61 bits per heavy atom. The van der Waals surface area contributed by atoms with E-state index < -0.39 is 23.1 Å². The monoisotopic (exact) mass is 443 g/mol. The zero-order chi connectivity index (χ0) is 22.7. The number of ether oxygens (including phenoxy) is 1. The Morgan fingerprint density at radius 2 is 1.19 bits per heavy atom. The first-order chi connectivity index (χ1) is 14.7. The van der Waals surface area contributed by atoms with E-state index in [2.05, 4.69) is 0 Å². The quantitative estimate of drug-likeness (QED) is 0.561. The van der Waals surface area contributed by atoms with E-state index in [-0.39, 0.29) is 19.2 Å². The van der Waals surface area contributed by atoms with Gasteiger partial charge in [-0.2, -0.15) is 0 Å². The van der Waals surface area contributed by atoms with Crippen LogP contribution in [0.3, 0.4) is 0 Å². The Kier molecular flexibility index (Phi) is 6.85. The first kappa shape index (κ1) is 22.6. The van der Waals surface area contributed by atoms with Crippen molar-refractivity contribution >= 4 is 11.6 Å². The van der Waals surface area contributed by atoms with E-state index in [0.717, 1.165) is 24.8 Å². The molecule has 0 aliphatic carbocycles. The fourth-order valence-electron chi connectivity index (χ4n) is 3.26. The third-order valence-corrected chi connectivity index (χ3v) is 4.99. The molecule has 0 bridgehead atoms. The van der Waals surface area contributed by atoms with Crippen LogP contribution in [0.2, 0.25) is 5.02 Å². The maximum absolute atomic E-state index is 13.1. The second-order valence-electron chi connectivity index (χ2n) is 7.92. The normalized spacial score (nSPS) is 11.3. The SMILES string of the molecule is CC(C)Oc1ccc(Cn2c(=O)n(Cc3ccc(Cl)cc3)c(=O)n(C(C)C)c2=O)cc1. The molecule has 164 valence electrons. The molecule has 0 saturated carbocycles. The number of hydrogen-bond acceptors (Lipinski definition) is 4. The van der Waals surface area contributed by atoms with E-state index in [1.165, 1.54) is 0 Å². The molecule has 0 spiro atoms. The molecule has 7 nitrogen and oxygen atoms in total. The van der Waals surface area contributed by atoms with Gasteiger partial charge in [-0.15, -0.1) is 0 Å². The second kappa shape index (κ2) is 9.39. The number of rotatable bonds is 7. The van der Waals surface area contributed by atoms with Crippen molar-refractivity contribution in [1.29, 1.82) is 0 Å². The summed E-state index contributed by atoms with van der Waals surface area (Å²) in [4.78, 5) is 39.1. The minimum atomic E-state index is -0.649. The van der Waals surface area contributed by atoms with Crippen LogP contribution >= 0.6 is 11.6 Å². The topological polar surface area (TPSA) is 75.2 Å². The molecule has 0 aliphatic heterocycles. The highest BCUT2D eigenvalue weighted by Gasteiger charge is 2.18. The third-order valence-electron chi connectivity index (χ3n) is 4.74. The summed E-state index contributed by atoms with van der Waals surface area (Å²) in [6, 6.07) is 13.7. The van der Waals surface area contributed by atoms with Gasteiger partial charge in [0.25, 0.3) is 0 Å². The smallest absolute Gasteiger partial charge is 0.336 e. The highest BCUT2D eigenvalue weighted by molar-refractivity contribution is 6.30. The molecule has 3 aromatic rings. The van der Waals surface area contributed by atoms with Crippen LogP contribution < -0.4 is 21.8 Å². The van der Waals surface area contributed by atoms with Crippen molar-refractivity contribution in [2.45, 2.75) is 52.9 Å². The summed E-state index contributed by atoms with van der Waals surface area (Å²) >= 11 is 5.93. The molecular weight excluding hydrogens is 418 g/mol. The predicted octanol–water partition coefficient (Wildman–Crippen LogP) is 3.29. The van der Waals surface area contributed by atoms with Crippen molar-refractivity contribution in [3.05, 3.63) is 96.1 Å². The molecular formula is C23H26ClN3O4. The first-order valence-corrected chi connectivity index (χ1v) is 10.5. The van der Waals surface area contributed by atoms with Gasteiger partial charge in [0.15, 0.2) is 0 Å². The number of halogens is 1. The van der Waals surface area contributed by atoms with Gasteiger partial charge in [-0.3, -0.25) is 0 Å². The molecule has 0 amide bonds. The summed E-state index contributed by atoms with van der Waals surface area (Å²) < 4.78 is 8.92. The van der Waals surface area contributed by atoms with Gasteiger partial charge in [0.05, 0.1) is 19.2 Å². The van der Waals surface area contributed by atoms with Crippen LogP contribution in [0, 0.1) is 0 Å². The molecule has 31 heavy (non-hydrogen) atoms. The summed E-state index contributed by atoms with van der Waals surface area (Å²) in [5, 5.41) is 0.561. The third kappa shape index (κ3) is 5.17. The van der Waals surface area contributed by atoms with E-state index in [1.54, 1.807) is 62.4 Å². The lowest BCUT2D eigenvalue weighted by Gasteiger charge is -2.16. The summed E-state index contributed by atoms with van der Waals surface area (Å²) in [5.74, 6) is 0.707. The number of aromatic nitrogens is 3. The van der Waals surface area contributed by atoms with E-state index in [4.69, 9.17) is 16.3 Å². The van der Waals surface area contributed by atoms with Gasteiger partial charge >= 0.3 is 17.1 Å². The lowest BCUT2D eigenvalue weighted by molar-refractivity contribution is 0.242. The zero-order valence-corrected chi connectivity index (χ0v) is 18.8. The van der Waals surface area contributed by atoms with Gasteiger partial charge in [0, 0.05) is 11.1 Å². The van der Waals surface area contributed by atoms with Crippen molar-refractivity contribution in [2.24, 2.45) is 0 Å². The lowest BCUT2D eigenvalue weighted by Crippen LogP contribution is -2.55. The van der Waals surface area contributed by atoms with Crippen LogP contribution in [-0.4, -0.2) is 19.8 Å². The second-order valence-corrected chi connectivity index (χ2v) is 8.36. The molecule has 0 fully saturated rings. The van der Waals surface area contributed by atoms with Gasteiger partial charge in [-0.1, -0.05) is 35.9 Å². The fraction of sp³-hybridized carbons (Fsp3) is 0.348. The molecule has 3 rings (SSSR count). The molecule has 1 heterocycles. The van der Waals surface area contributed by atoms with E-state index in [9.17, 15) is 14.4 Å². The van der Waals surface area contributed by atoms with Crippen LogP contribution in [0.4, 0.5) is 0 Å². The van der Waals surface area contributed by atoms with Gasteiger partial charge in [-0.25, -0.2) is 28.1 Å². The standard InChI is InChI=1S/C23H26ClN3O4/c1-15(2)27-22(29)25(13-17-5-9-19(24)10-6-17)21(28)26(23(27)30)14-18-7-11-20(12-8-18)31-16(3)4/h5-12,15-16H,13-14H2,1-4H3. The maximum Gasteiger partial charge on any atom is 0.336 e. The average molecular weight is 444 g/mol. The molecule has 1 aromatic heterocycles. The Labute approximate surface area is 185 Å². The average Bonchev–Trinajstić information content (AvgIpc) is 2.70. The first-order valence-electron chi connectivity index (χ1n) is 10.1. The Morgan fingerprint density at radius 1 is 0.742 bits per heavy atom. The van der Waals surface area contributed by atoms with E-state index >= 15 is 0 Å². The fourth-order valence-corrected chi connectivity index (χ4v) is 3.39. The van der Waals surface area contributed by atoms with Gasteiger partial charge in [-0.05, 0) is 63.1 Å². The molecule has 0 aliphatic rings. The number of nitrogens with zero attached hydrogens (tertiary/aromatic N) is 3. The van der Waals surface area contributed by atoms with Gasteiger partial charge in [0.1, 0.15) is 5.75 Å². The van der Waals surface area contributed by atoms with Crippen LogP contribution in [0.15, 0.2) is 62.9 Å². The van der Waals surface area contributed by atoms with Gasteiger partial charge in [0.2, 0.25) is 0 Å². The minimum Gasteiger partial charge on any atom is -0.491 e. The lowest BCUT2D eigenvalue weighted by atomic mass is 10.2. The highest BCUT2D eigenvalue weighted by Crippen LogP contribution is 2.14. The maximum atomic E-state index is 13.1. The minimum absolute atomic E-state index is 0.0446. The molecule has 8 heteroatoms.